The lowest BCUT2D eigenvalue weighted by Gasteiger charge is -2.37. The van der Waals surface area contributed by atoms with Crippen molar-refractivity contribution >= 4 is 11.8 Å². The number of carbonyl (C=O) groups is 2. The van der Waals surface area contributed by atoms with Crippen LogP contribution in [0.15, 0.2) is 24.3 Å². The summed E-state index contributed by atoms with van der Waals surface area (Å²) in [7, 11) is 0. The van der Waals surface area contributed by atoms with Crippen LogP contribution >= 0.6 is 0 Å². The van der Waals surface area contributed by atoms with E-state index in [1.54, 1.807) is 9.80 Å². The number of amides is 2. The lowest BCUT2D eigenvalue weighted by atomic mass is 9.94. The van der Waals surface area contributed by atoms with Gasteiger partial charge in [-0.25, -0.2) is 4.39 Å². The van der Waals surface area contributed by atoms with Crippen molar-refractivity contribution in [3.63, 3.8) is 0 Å². The molecule has 1 aliphatic rings. The minimum absolute atomic E-state index is 0.108. The molecular weight excluding hydrogens is 271 g/mol. The first-order valence-corrected chi connectivity index (χ1v) is 7.13. The van der Waals surface area contributed by atoms with Crippen molar-refractivity contribution < 1.29 is 14.0 Å². The van der Waals surface area contributed by atoms with Gasteiger partial charge in [0.05, 0.1) is 0 Å². The smallest absolute Gasteiger partial charge is 0.253 e. The van der Waals surface area contributed by atoms with Gasteiger partial charge < -0.3 is 9.80 Å². The number of rotatable bonds is 1. The SMILES string of the molecule is CC(C)(C)C(=O)N1CCN(C(=O)c2ccc(F)cc2)CC1. The van der Waals surface area contributed by atoms with Crippen LogP contribution < -0.4 is 0 Å². The molecule has 2 amide bonds. The Hall–Kier alpha value is -1.91. The van der Waals surface area contributed by atoms with Gasteiger partial charge in [-0.15, -0.1) is 0 Å². The summed E-state index contributed by atoms with van der Waals surface area (Å²) >= 11 is 0. The molecule has 1 aromatic carbocycles. The van der Waals surface area contributed by atoms with Crippen molar-refractivity contribution in [3.8, 4) is 0 Å². The molecule has 0 N–H and O–H groups in total. The van der Waals surface area contributed by atoms with Gasteiger partial charge in [0.1, 0.15) is 5.82 Å². The Balaban J connectivity index is 1.96. The van der Waals surface area contributed by atoms with Gasteiger partial charge >= 0.3 is 0 Å². The second-order valence-electron chi connectivity index (χ2n) is 6.34. The fraction of sp³-hybridized carbons (Fsp3) is 0.500. The molecule has 21 heavy (non-hydrogen) atoms. The highest BCUT2D eigenvalue weighted by atomic mass is 19.1. The number of nitrogens with zero attached hydrogens (tertiary/aromatic N) is 2. The predicted molar refractivity (Wildman–Crippen MR) is 78.3 cm³/mol. The Morgan fingerprint density at radius 1 is 0.952 bits per heavy atom. The van der Waals surface area contributed by atoms with Crippen LogP contribution in [0.2, 0.25) is 0 Å². The lowest BCUT2D eigenvalue weighted by Crippen LogP contribution is -2.53. The van der Waals surface area contributed by atoms with E-state index in [2.05, 4.69) is 0 Å². The average Bonchev–Trinajstić information content (AvgIpc) is 2.46. The second kappa shape index (κ2) is 5.84. The first-order chi connectivity index (χ1) is 9.79. The van der Waals surface area contributed by atoms with Gasteiger partial charge in [0.2, 0.25) is 5.91 Å². The maximum Gasteiger partial charge on any atom is 0.253 e. The van der Waals surface area contributed by atoms with E-state index in [1.165, 1.54) is 24.3 Å². The Morgan fingerprint density at radius 3 is 1.90 bits per heavy atom. The summed E-state index contributed by atoms with van der Waals surface area (Å²) in [6.07, 6.45) is 0. The van der Waals surface area contributed by atoms with E-state index in [0.29, 0.717) is 31.7 Å². The number of halogens is 1. The minimum atomic E-state index is -0.400. The van der Waals surface area contributed by atoms with Crippen LogP contribution in [-0.4, -0.2) is 47.8 Å². The summed E-state index contributed by atoms with van der Waals surface area (Å²) in [6.45, 7) is 7.80. The molecule has 0 spiro atoms. The third kappa shape index (κ3) is 3.60. The monoisotopic (exact) mass is 292 g/mol. The van der Waals surface area contributed by atoms with Gasteiger partial charge in [-0.05, 0) is 24.3 Å². The van der Waals surface area contributed by atoms with E-state index in [-0.39, 0.29) is 17.6 Å². The standard InChI is InChI=1S/C16H21FN2O2/c1-16(2,3)15(21)19-10-8-18(9-11-19)14(20)12-4-6-13(17)7-5-12/h4-7H,8-11H2,1-3H3. The average molecular weight is 292 g/mol. The molecule has 1 heterocycles. The first kappa shape index (κ1) is 15.5. The summed E-state index contributed by atoms with van der Waals surface area (Å²) in [4.78, 5) is 28.0. The number of carbonyl (C=O) groups excluding carboxylic acids is 2. The molecule has 0 radical (unpaired) electrons. The summed E-state index contributed by atoms with van der Waals surface area (Å²) in [6, 6.07) is 5.55. The molecule has 1 fully saturated rings. The maximum atomic E-state index is 12.9. The largest absolute Gasteiger partial charge is 0.339 e. The first-order valence-electron chi connectivity index (χ1n) is 7.13. The Bertz CT molecular complexity index is 526. The van der Waals surface area contributed by atoms with E-state index in [4.69, 9.17) is 0 Å². The van der Waals surface area contributed by atoms with Gasteiger partial charge in [0.25, 0.3) is 5.91 Å². The van der Waals surface area contributed by atoms with Gasteiger partial charge in [-0.2, -0.15) is 0 Å². The highest BCUT2D eigenvalue weighted by Crippen LogP contribution is 2.19. The molecule has 1 saturated heterocycles. The molecule has 0 aromatic heterocycles. The fourth-order valence-corrected chi connectivity index (χ4v) is 2.36. The fourth-order valence-electron chi connectivity index (χ4n) is 2.36. The third-order valence-electron chi connectivity index (χ3n) is 3.59. The van der Waals surface area contributed by atoms with Crippen LogP contribution in [0, 0.1) is 11.2 Å². The lowest BCUT2D eigenvalue weighted by molar-refractivity contribution is -0.140. The zero-order valence-corrected chi connectivity index (χ0v) is 12.7. The van der Waals surface area contributed by atoms with Crippen LogP contribution in [-0.2, 0) is 4.79 Å². The van der Waals surface area contributed by atoms with Crippen molar-refractivity contribution in [2.45, 2.75) is 20.8 Å². The molecule has 0 bridgehead atoms. The Kier molecular flexibility index (Phi) is 4.30. The molecular formula is C16H21FN2O2. The summed E-state index contributed by atoms with van der Waals surface area (Å²) in [5.74, 6) is -0.360. The topological polar surface area (TPSA) is 40.6 Å². The van der Waals surface area contributed by atoms with E-state index < -0.39 is 5.41 Å². The molecule has 0 aliphatic carbocycles. The van der Waals surface area contributed by atoms with Crippen LogP contribution in [0.4, 0.5) is 4.39 Å². The Morgan fingerprint density at radius 2 is 1.43 bits per heavy atom. The van der Waals surface area contributed by atoms with Crippen LogP contribution in [0.25, 0.3) is 0 Å². The molecule has 5 heteroatoms. The molecule has 114 valence electrons. The molecule has 0 atom stereocenters. The minimum Gasteiger partial charge on any atom is -0.339 e. The molecule has 0 saturated carbocycles. The van der Waals surface area contributed by atoms with E-state index in [0.717, 1.165) is 0 Å². The van der Waals surface area contributed by atoms with Gasteiger partial charge in [0, 0.05) is 37.2 Å². The molecule has 0 unspecified atom stereocenters. The number of benzene rings is 1. The maximum absolute atomic E-state index is 12.9. The van der Waals surface area contributed by atoms with Crippen molar-refractivity contribution in [2.75, 3.05) is 26.2 Å². The van der Waals surface area contributed by atoms with Gasteiger partial charge in [-0.3, -0.25) is 9.59 Å². The van der Waals surface area contributed by atoms with Crippen molar-refractivity contribution in [2.24, 2.45) is 5.41 Å². The van der Waals surface area contributed by atoms with Crippen LogP contribution in [0.3, 0.4) is 0 Å². The number of piperazine rings is 1. The van der Waals surface area contributed by atoms with Crippen molar-refractivity contribution in [1.82, 2.24) is 9.80 Å². The summed E-state index contributed by atoms with van der Waals surface area (Å²) in [5.41, 5.74) is 0.0790. The normalized spacial score (nSPS) is 16.0. The van der Waals surface area contributed by atoms with E-state index in [1.807, 2.05) is 20.8 Å². The number of hydrogen-bond donors (Lipinski definition) is 0. The predicted octanol–water partition coefficient (Wildman–Crippen LogP) is 2.16. The van der Waals surface area contributed by atoms with Crippen molar-refractivity contribution in [1.29, 1.82) is 0 Å². The highest BCUT2D eigenvalue weighted by Gasteiger charge is 2.30. The zero-order valence-electron chi connectivity index (χ0n) is 12.7. The van der Waals surface area contributed by atoms with Crippen molar-refractivity contribution in [3.05, 3.63) is 35.6 Å². The van der Waals surface area contributed by atoms with E-state index >= 15 is 0 Å². The van der Waals surface area contributed by atoms with Crippen LogP contribution in [0.5, 0.6) is 0 Å². The molecule has 1 aliphatic heterocycles. The Labute approximate surface area is 124 Å². The zero-order chi connectivity index (χ0) is 15.6. The van der Waals surface area contributed by atoms with Gasteiger partial charge in [0.15, 0.2) is 0 Å². The second-order valence-corrected chi connectivity index (χ2v) is 6.34. The number of hydrogen-bond acceptors (Lipinski definition) is 2. The quantitative estimate of drug-likeness (QED) is 0.796. The molecule has 2 rings (SSSR count). The van der Waals surface area contributed by atoms with E-state index in [9.17, 15) is 14.0 Å². The van der Waals surface area contributed by atoms with Gasteiger partial charge in [-0.1, -0.05) is 20.8 Å². The highest BCUT2D eigenvalue weighted by molar-refractivity contribution is 5.94. The molecule has 1 aromatic rings. The third-order valence-corrected chi connectivity index (χ3v) is 3.59. The van der Waals surface area contributed by atoms with Crippen LogP contribution in [0.1, 0.15) is 31.1 Å². The summed E-state index contributed by atoms with van der Waals surface area (Å²) in [5, 5.41) is 0. The summed E-state index contributed by atoms with van der Waals surface area (Å²) < 4.78 is 12.9. The molecule has 4 nitrogen and oxygen atoms in total.